The van der Waals surface area contributed by atoms with Crippen molar-refractivity contribution in [2.24, 2.45) is 0 Å². The normalized spacial score (nSPS) is 18.3. The summed E-state index contributed by atoms with van der Waals surface area (Å²) in [7, 11) is 0. The van der Waals surface area contributed by atoms with Crippen LogP contribution in [0.1, 0.15) is 48.8 Å². The first kappa shape index (κ1) is 20.9. The van der Waals surface area contributed by atoms with E-state index in [2.05, 4.69) is 75.7 Å². The number of nitrogen functional groups attached to an aromatic ring is 1. The molecular formula is C26H29N5S. The van der Waals surface area contributed by atoms with Gasteiger partial charge in [0, 0.05) is 17.4 Å². The van der Waals surface area contributed by atoms with Gasteiger partial charge in [0.1, 0.15) is 17.7 Å². The maximum atomic E-state index is 6.16. The molecule has 2 aromatic heterocycles. The highest BCUT2D eigenvalue weighted by molar-refractivity contribution is 7.80. The second-order valence-corrected chi connectivity index (χ2v) is 9.35. The van der Waals surface area contributed by atoms with Gasteiger partial charge >= 0.3 is 0 Å². The number of anilines is 2. The average molecular weight is 444 g/mol. The van der Waals surface area contributed by atoms with Crippen LogP contribution in [0.3, 0.4) is 0 Å². The van der Waals surface area contributed by atoms with Gasteiger partial charge in [-0.15, -0.1) is 0 Å². The molecule has 0 aliphatic heterocycles. The molecule has 164 valence electrons. The van der Waals surface area contributed by atoms with Crippen LogP contribution in [0.2, 0.25) is 0 Å². The summed E-state index contributed by atoms with van der Waals surface area (Å²) in [5, 5.41) is 4.08. The summed E-state index contributed by atoms with van der Waals surface area (Å²) in [6.45, 7) is 2.94. The molecule has 4 aromatic rings. The lowest BCUT2D eigenvalue weighted by Crippen LogP contribution is -2.05. The number of hydrogen-bond donors (Lipinski definition) is 4. The number of nitrogens with two attached hydrogens (primary N) is 1. The van der Waals surface area contributed by atoms with Crippen LogP contribution in [0.15, 0.2) is 54.9 Å². The first-order valence-corrected chi connectivity index (χ1v) is 11.9. The van der Waals surface area contributed by atoms with Crippen LogP contribution in [0.25, 0.3) is 22.2 Å². The molecule has 5 rings (SSSR count). The summed E-state index contributed by atoms with van der Waals surface area (Å²) in [6.07, 6.45) is 5.85. The van der Waals surface area contributed by atoms with Crippen molar-refractivity contribution in [3.8, 4) is 11.1 Å². The van der Waals surface area contributed by atoms with Crippen molar-refractivity contribution in [2.45, 2.75) is 50.3 Å². The molecule has 32 heavy (non-hydrogen) atoms. The summed E-state index contributed by atoms with van der Waals surface area (Å²) in [6, 6.07) is 17.3. The molecule has 1 aliphatic carbocycles. The summed E-state index contributed by atoms with van der Waals surface area (Å²) >= 11 is 4.71. The molecule has 0 saturated heterocycles. The minimum Gasteiger partial charge on any atom is -0.382 e. The fourth-order valence-corrected chi connectivity index (χ4v) is 5.34. The van der Waals surface area contributed by atoms with E-state index in [0.29, 0.717) is 17.0 Å². The molecule has 5 nitrogen and oxygen atoms in total. The number of aryl methyl sites for hydroxylation is 1. The highest BCUT2D eigenvalue weighted by atomic mass is 32.1. The molecule has 1 aliphatic rings. The van der Waals surface area contributed by atoms with E-state index in [1.54, 1.807) is 6.33 Å². The lowest BCUT2D eigenvalue weighted by molar-refractivity contribution is 0.730. The Morgan fingerprint density at radius 2 is 1.97 bits per heavy atom. The Balaban J connectivity index is 1.45. The quantitative estimate of drug-likeness (QED) is 0.278. The van der Waals surface area contributed by atoms with Crippen molar-refractivity contribution in [3.05, 3.63) is 71.5 Å². The highest BCUT2D eigenvalue weighted by Crippen LogP contribution is 2.43. The van der Waals surface area contributed by atoms with Gasteiger partial charge in [0.05, 0.1) is 5.52 Å². The lowest BCUT2D eigenvalue weighted by Gasteiger charge is -2.15. The van der Waals surface area contributed by atoms with Gasteiger partial charge in [-0.25, -0.2) is 9.97 Å². The van der Waals surface area contributed by atoms with Crippen molar-refractivity contribution >= 4 is 35.3 Å². The third-order valence-electron chi connectivity index (χ3n) is 6.57. The minimum atomic E-state index is 0.426. The number of benzene rings is 2. The molecule has 2 atom stereocenters. The van der Waals surface area contributed by atoms with Crippen LogP contribution in [0.4, 0.5) is 11.6 Å². The van der Waals surface area contributed by atoms with Gasteiger partial charge in [0.15, 0.2) is 5.82 Å². The van der Waals surface area contributed by atoms with E-state index in [4.69, 9.17) is 18.4 Å². The van der Waals surface area contributed by atoms with Crippen molar-refractivity contribution < 1.29 is 0 Å². The third kappa shape index (κ3) is 3.95. The standard InChI is InChI=1S/C26H29N5S/c1-2-17-12-16(8-11-21(17)18-6-4-3-5-7-18)14-28-26-22(19-9-10-20(32)13-19)23-24(31-26)25(27)30-15-29-23/h3-8,11-12,15,19-20,28,31-32H,2,9-10,13-14H2,1H3,(H2,27,29,30)/t19-,20?/m0/s1. The predicted molar refractivity (Wildman–Crippen MR) is 136 cm³/mol. The third-order valence-corrected chi connectivity index (χ3v) is 7.04. The molecule has 1 saturated carbocycles. The number of thiol groups is 1. The zero-order chi connectivity index (χ0) is 22.1. The van der Waals surface area contributed by atoms with E-state index in [1.165, 1.54) is 27.8 Å². The SMILES string of the molecule is CCc1cc(CNc2[nH]c3c(N)ncnc3c2[C@H]2CCC(S)C2)ccc1-c1ccccc1. The number of aromatic amines is 1. The Kier molecular flexibility index (Phi) is 5.79. The van der Waals surface area contributed by atoms with Crippen molar-refractivity contribution in [1.82, 2.24) is 15.0 Å². The Hall–Kier alpha value is -2.99. The predicted octanol–water partition coefficient (Wildman–Crippen LogP) is 5.95. The van der Waals surface area contributed by atoms with Crippen LogP contribution in [0.5, 0.6) is 0 Å². The molecule has 0 spiro atoms. The van der Waals surface area contributed by atoms with Crippen LogP contribution in [-0.2, 0) is 13.0 Å². The number of nitrogens with zero attached hydrogens (tertiary/aromatic N) is 2. The second kappa shape index (κ2) is 8.87. The maximum Gasteiger partial charge on any atom is 0.151 e. The van der Waals surface area contributed by atoms with Gasteiger partial charge in [-0.3, -0.25) is 0 Å². The molecular weight excluding hydrogens is 414 g/mol. The van der Waals surface area contributed by atoms with Crippen molar-refractivity contribution in [2.75, 3.05) is 11.1 Å². The number of nitrogens with one attached hydrogen (secondary N) is 2. The average Bonchev–Trinajstić information content (AvgIpc) is 3.41. The van der Waals surface area contributed by atoms with Crippen LogP contribution in [0, 0.1) is 0 Å². The fraction of sp³-hybridized carbons (Fsp3) is 0.308. The second-order valence-electron chi connectivity index (χ2n) is 8.62. The topological polar surface area (TPSA) is 79.6 Å². The van der Waals surface area contributed by atoms with Crippen molar-refractivity contribution in [1.29, 1.82) is 0 Å². The monoisotopic (exact) mass is 443 g/mol. The first-order chi connectivity index (χ1) is 15.6. The number of aromatic nitrogens is 3. The number of H-pyrrole nitrogens is 1. The summed E-state index contributed by atoms with van der Waals surface area (Å²) in [5.41, 5.74) is 14.3. The minimum absolute atomic E-state index is 0.426. The van der Waals surface area contributed by atoms with Gasteiger partial charge in [-0.2, -0.15) is 12.6 Å². The van der Waals surface area contributed by atoms with E-state index in [9.17, 15) is 0 Å². The fourth-order valence-electron chi connectivity index (χ4n) is 4.93. The molecule has 2 heterocycles. The molecule has 0 bridgehead atoms. The van der Waals surface area contributed by atoms with Gasteiger partial charge in [-0.1, -0.05) is 55.5 Å². The Morgan fingerprint density at radius 3 is 2.72 bits per heavy atom. The zero-order valence-corrected chi connectivity index (χ0v) is 19.2. The molecule has 0 amide bonds. The molecule has 2 aromatic carbocycles. The van der Waals surface area contributed by atoms with Gasteiger partial charge in [-0.05, 0) is 53.9 Å². The molecule has 6 heteroatoms. The van der Waals surface area contributed by atoms with E-state index >= 15 is 0 Å². The Bertz CT molecular complexity index is 1230. The van der Waals surface area contributed by atoms with E-state index in [0.717, 1.165) is 49.1 Å². The summed E-state index contributed by atoms with van der Waals surface area (Å²) in [5.74, 6) is 1.92. The first-order valence-electron chi connectivity index (χ1n) is 11.3. The molecule has 0 radical (unpaired) electrons. The lowest BCUT2D eigenvalue weighted by atomic mass is 9.96. The zero-order valence-electron chi connectivity index (χ0n) is 18.3. The Morgan fingerprint density at radius 1 is 1.12 bits per heavy atom. The van der Waals surface area contributed by atoms with Crippen LogP contribution in [-0.4, -0.2) is 20.2 Å². The largest absolute Gasteiger partial charge is 0.382 e. The maximum absolute atomic E-state index is 6.16. The highest BCUT2D eigenvalue weighted by Gasteiger charge is 2.29. The van der Waals surface area contributed by atoms with E-state index in [-0.39, 0.29) is 0 Å². The Labute approximate surface area is 194 Å². The number of hydrogen-bond acceptors (Lipinski definition) is 5. The molecule has 4 N–H and O–H groups in total. The van der Waals surface area contributed by atoms with Crippen molar-refractivity contribution in [3.63, 3.8) is 0 Å². The van der Waals surface area contributed by atoms with E-state index in [1.807, 2.05) is 0 Å². The van der Waals surface area contributed by atoms with E-state index < -0.39 is 0 Å². The van der Waals surface area contributed by atoms with Gasteiger partial charge in [0.25, 0.3) is 0 Å². The van der Waals surface area contributed by atoms with Gasteiger partial charge in [0.2, 0.25) is 0 Å². The number of fused-ring (bicyclic) bond motifs is 1. The summed E-state index contributed by atoms with van der Waals surface area (Å²) in [4.78, 5) is 12.2. The number of rotatable bonds is 6. The summed E-state index contributed by atoms with van der Waals surface area (Å²) < 4.78 is 0. The molecule has 1 unspecified atom stereocenters. The smallest absolute Gasteiger partial charge is 0.151 e. The molecule has 1 fully saturated rings. The van der Waals surface area contributed by atoms with Crippen LogP contribution < -0.4 is 11.1 Å². The van der Waals surface area contributed by atoms with Crippen LogP contribution >= 0.6 is 12.6 Å². The van der Waals surface area contributed by atoms with Gasteiger partial charge < -0.3 is 16.0 Å².